The molecule has 5 rings (SSSR count). The molecule has 0 spiro atoms. The number of nitro groups is 1. The molecule has 6 heteroatoms. The van der Waals surface area contributed by atoms with Crippen molar-refractivity contribution in [1.29, 1.82) is 10.5 Å². The van der Waals surface area contributed by atoms with E-state index >= 15 is 0 Å². The highest BCUT2D eigenvalue weighted by atomic mass is 16.6. The summed E-state index contributed by atoms with van der Waals surface area (Å²) < 4.78 is 0. The maximum atomic E-state index is 11.5. The van der Waals surface area contributed by atoms with Gasteiger partial charge in [0.15, 0.2) is 0 Å². The van der Waals surface area contributed by atoms with Gasteiger partial charge < -0.3 is 5.32 Å². The molecule has 4 aliphatic rings. The Morgan fingerprint density at radius 2 is 1.62 bits per heavy atom. The average molecular weight is 350 g/mol. The number of hydrogen-bond donors (Lipinski definition) is 1. The van der Waals surface area contributed by atoms with E-state index in [2.05, 4.69) is 12.2 Å². The van der Waals surface area contributed by atoms with Crippen molar-refractivity contribution >= 4 is 11.4 Å². The van der Waals surface area contributed by atoms with Gasteiger partial charge in [0.25, 0.3) is 5.69 Å². The Labute approximate surface area is 153 Å². The Morgan fingerprint density at radius 1 is 1.12 bits per heavy atom. The van der Waals surface area contributed by atoms with Crippen LogP contribution in [-0.4, -0.2) is 11.0 Å². The fraction of sp³-hybridized carbons (Fsp3) is 0.600. The van der Waals surface area contributed by atoms with Gasteiger partial charge in [-0.2, -0.15) is 10.5 Å². The summed E-state index contributed by atoms with van der Waals surface area (Å²) in [5.41, 5.74) is 0.653. The Kier molecular flexibility index (Phi) is 3.88. The zero-order valence-electron chi connectivity index (χ0n) is 14.9. The van der Waals surface area contributed by atoms with Crippen molar-refractivity contribution < 1.29 is 4.92 Å². The highest BCUT2D eigenvalue weighted by Crippen LogP contribution is 2.61. The van der Waals surface area contributed by atoms with Gasteiger partial charge in [-0.15, -0.1) is 0 Å². The molecule has 1 atom stereocenters. The van der Waals surface area contributed by atoms with Gasteiger partial charge in [0.05, 0.1) is 16.1 Å². The smallest absolute Gasteiger partial charge is 0.293 e. The highest BCUT2D eigenvalue weighted by Gasteiger charge is 2.53. The van der Waals surface area contributed by atoms with Gasteiger partial charge in [0.1, 0.15) is 17.8 Å². The topological polar surface area (TPSA) is 103 Å². The van der Waals surface area contributed by atoms with Crippen molar-refractivity contribution in [1.82, 2.24) is 0 Å². The van der Waals surface area contributed by atoms with Gasteiger partial charge in [0, 0.05) is 12.1 Å². The second-order valence-electron chi connectivity index (χ2n) is 8.54. The molecule has 1 aromatic carbocycles. The summed E-state index contributed by atoms with van der Waals surface area (Å²) in [6, 6.07) is 6.64. The second-order valence-corrected chi connectivity index (χ2v) is 8.54. The average Bonchev–Trinajstić information content (AvgIpc) is 2.59. The summed E-state index contributed by atoms with van der Waals surface area (Å²) in [7, 11) is 0. The largest absolute Gasteiger partial charge is 0.376 e. The Hall–Kier alpha value is -2.60. The van der Waals surface area contributed by atoms with Crippen LogP contribution in [0.2, 0.25) is 0 Å². The van der Waals surface area contributed by atoms with Crippen LogP contribution in [0.1, 0.15) is 56.6 Å². The predicted molar refractivity (Wildman–Crippen MR) is 96.2 cm³/mol. The third kappa shape index (κ3) is 2.61. The molecule has 1 aromatic rings. The van der Waals surface area contributed by atoms with Crippen LogP contribution in [0, 0.1) is 55.9 Å². The first-order chi connectivity index (χ1) is 12.4. The van der Waals surface area contributed by atoms with Crippen LogP contribution < -0.4 is 5.32 Å². The standard InChI is InChI=1S/C20H22N4O2/c1-12(20-7-13-2-14(8-20)4-15(3-13)9-20)23-18-5-16(10-21)17(11-22)6-19(18)24(25)26/h5-6,12-15,23H,2-4,7-9H2,1H3. The molecule has 134 valence electrons. The molecule has 0 radical (unpaired) electrons. The second kappa shape index (κ2) is 5.99. The maximum Gasteiger partial charge on any atom is 0.293 e. The van der Waals surface area contributed by atoms with E-state index < -0.39 is 4.92 Å². The van der Waals surface area contributed by atoms with E-state index in [4.69, 9.17) is 5.26 Å². The van der Waals surface area contributed by atoms with Crippen LogP contribution in [-0.2, 0) is 0 Å². The molecule has 4 bridgehead atoms. The lowest BCUT2D eigenvalue weighted by molar-refractivity contribution is -0.384. The molecule has 0 aliphatic heterocycles. The first-order valence-electron chi connectivity index (χ1n) is 9.33. The van der Waals surface area contributed by atoms with Gasteiger partial charge in [-0.05, 0) is 74.7 Å². The zero-order valence-corrected chi connectivity index (χ0v) is 14.9. The lowest BCUT2D eigenvalue weighted by Crippen LogP contribution is -2.52. The molecule has 0 heterocycles. The van der Waals surface area contributed by atoms with Crippen molar-refractivity contribution in [3.05, 3.63) is 33.4 Å². The third-order valence-electron chi connectivity index (χ3n) is 6.95. The van der Waals surface area contributed by atoms with E-state index in [0.29, 0.717) is 5.69 Å². The van der Waals surface area contributed by atoms with E-state index in [1.54, 1.807) is 0 Å². The van der Waals surface area contributed by atoms with Gasteiger partial charge in [-0.3, -0.25) is 10.1 Å². The fourth-order valence-corrected chi connectivity index (χ4v) is 6.13. The van der Waals surface area contributed by atoms with Gasteiger partial charge in [-0.25, -0.2) is 0 Å². The molecule has 4 saturated carbocycles. The van der Waals surface area contributed by atoms with Gasteiger partial charge >= 0.3 is 0 Å². The number of nitrogens with one attached hydrogen (secondary N) is 1. The summed E-state index contributed by atoms with van der Waals surface area (Å²) in [5, 5.41) is 33.3. The van der Waals surface area contributed by atoms with Crippen molar-refractivity contribution in [2.24, 2.45) is 23.2 Å². The minimum absolute atomic E-state index is 0.0483. The monoisotopic (exact) mass is 350 g/mol. The van der Waals surface area contributed by atoms with Crippen LogP contribution in [0.4, 0.5) is 11.4 Å². The fourth-order valence-electron chi connectivity index (χ4n) is 6.13. The molecule has 4 fully saturated rings. The molecular formula is C20H22N4O2. The van der Waals surface area contributed by atoms with Crippen LogP contribution >= 0.6 is 0 Å². The predicted octanol–water partition coefficient (Wildman–Crippen LogP) is 4.35. The van der Waals surface area contributed by atoms with E-state index in [9.17, 15) is 15.4 Å². The van der Waals surface area contributed by atoms with Crippen molar-refractivity contribution in [3.8, 4) is 12.1 Å². The summed E-state index contributed by atoms with van der Waals surface area (Å²) in [4.78, 5) is 11.0. The van der Waals surface area contributed by atoms with E-state index in [0.717, 1.165) is 17.8 Å². The summed E-state index contributed by atoms with van der Waals surface area (Å²) in [6.45, 7) is 2.13. The first kappa shape index (κ1) is 16.8. The molecule has 0 amide bonds. The van der Waals surface area contributed by atoms with Crippen LogP contribution in [0.15, 0.2) is 12.1 Å². The molecule has 1 unspecified atom stereocenters. The molecule has 1 N–H and O–H groups in total. The highest BCUT2D eigenvalue weighted by molar-refractivity contribution is 5.69. The maximum absolute atomic E-state index is 11.5. The molecule has 6 nitrogen and oxygen atoms in total. The number of rotatable bonds is 4. The Balaban J connectivity index is 1.66. The normalized spacial score (nSPS) is 32.5. The molecule has 26 heavy (non-hydrogen) atoms. The minimum Gasteiger partial charge on any atom is -0.376 e. The lowest BCUT2D eigenvalue weighted by Gasteiger charge is -2.59. The van der Waals surface area contributed by atoms with E-state index in [1.807, 2.05) is 12.1 Å². The van der Waals surface area contributed by atoms with Gasteiger partial charge in [-0.1, -0.05) is 0 Å². The van der Waals surface area contributed by atoms with Crippen molar-refractivity contribution in [2.75, 3.05) is 5.32 Å². The number of nitro benzene ring substituents is 1. The zero-order chi connectivity index (χ0) is 18.5. The summed E-state index contributed by atoms with van der Waals surface area (Å²) >= 11 is 0. The Morgan fingerprint density at radius 3 is 2.08 bits per heavy atom. The van der Waals surface area contributed by atoms with Crippen LogP contribution in [0.25, 0.3) is 0 Å². The van der Waals surface area contributed by atoms with E-state index in [-0.39, 0.29) is 28.3 Å². The number of nitriles is 2. The quantitative estimate of drug-likeness (QED) is 0.642. The Bertz CT molecular complexity index is 813. The summed E-state index contributed by atoms with van der Waals surface area (Å²) in [5.74, 6) is 2.41. The number of benzene rings is 1. The molecule has 4 aliphatic carbocycles. The molecule has 0 aromatic heterocycles. The van der Waals surface area contributed by atoms with Crippen LogP contribution in [0.3, 0.4) is 0 Å². The minimum atomic E-state index is -0.475. The van der Waals surface area contributed by atoms with Crippen LogP contribution in [0.5, 0.6) is 0 Å². The van der Waals surface area contributed by atoms with Crippen molar-refractivity contribution in [3.63, 3.8) is 0 Å². The summed E-state index contributed by atoms with van der Waals surface area (Å²) in [6.07, 6.45) is 7.64. The van der Waals surface area contributed by atoms with Crippen molar-refractivity contribution in [2.45, 2.75) is 51.5 Å². The molecule has 0 saturated heterocycles. The first-order valence-corrected chi connectivity index (χ1v) is 9.33. The SMILES string of the molecule is CC(Nc1cc(C#N)c(C#N)cc1[N+](=O)[O-])C12CC3CC(CC(C3)C1)C2. The number of hydrogen-bond acceptors (Lipinski definition) is 5. The number of nitrogens with zero attached hydrogens (tertiary/aromatic N) is 3. The van der Waals surface area contributed by atoms with Gasteiger partial charge in [0.2, 0.25) is 0 Å². The number of anilines is 1. The molecular weight excluding hydrogens is 328 g/mol. The third-order valence-corrected chi connectivity index (χ3v) is 6.95. The lowest BCUT2D eigenvalue weighted by atomic mass is 9.48. The van der Waals surface area contributed by atoms with E-state index in [1.165, 1.54) is 50.7 Å².